The lowest BCUT2D eigenvalue weighted by molar-refractivity contribution is 0.0696. The Labute approximate surface area is 117 Å². The SMILES string of the molecule is CCC(C)NS(=O)(=O)c1cc(Cl)cc(C(=O)O)c1C. The van der Waals surface area contributed by atoms with Gasteiger partial charge in [0, 0.05) is 11.1 Å². The van der Waals surface area contributed by atoms with Crippen LogP contribution in [-0.4, -0.2) is 25.5 Å². The van der Waals surface area contributed by atoms with E-state index in [9.17, 15) is 13.2 Å². The van der Waals surface area contributed by atoms with Crippen molar-refractivity contribution in [1.29, 1.82) is 0 Å². The normalized spacial score (nSPS) is 13.3. The summed E-state index contributed by atoms with van der Waals surface area (Å²) >= 11 is 5.79. The first-order valence-corrected chi connectivity index (χ1v) is 7.61. The molecule has 5 nitrogen and oxygen atoms in total. The highest BCUT2D eigenvalue weighted by atomic mass is 35.5. The number of carbonyl (C=O) groups is 1. The molecule has 0 bridgehead atoms. The summed E-state index contributed by atoms with van der Waals surface area (Å²) in [5, 5.41) is 9.11. The third kappa shape index (κ3) is 3.68. The van der Waals surface area contributed by atoms with E-state index in [4.69, 9.17) is 16.7 Å². The van der Waals surface area contributed by atoms with Crippen LogP contribution in [0, 0.1) is 6.92 Å². The quantitative estimate of drug-likeness (QED) is 0.875. The van der Waals surface area contributed by atoms with Gasteiger partial charge in [0.15, 0.2) is 0 Å². The Balaban J connectivity index is 3.39. The number of hydrogen-bond donors (Lipinski definition) is 2. The van der Waals surface area contributed by atoms with E-state index in [0.717, 1.165) is 0 Å². The van der Waals surface area contributed by atoms with Gasteiger partial charge in [0.1, 0.15) is 0 Å². The molecule has 2 N–H and O–H groups in total. The Morgan fingerprint density at radius 3 is 2.53 bits per heavy atom. The molecule has 0 aliphatic heterocycles. The van der Waals surface area contributed by atoms with Crippen LogP contribution in [0.15, 0.2) is 17.0 Å². The lowest BCUT2D eigenvalue weighted by Gasteiger charge is -2.15. The molecule has 0 spiro atoms. The first-order chi connectivity index (χ1) is 8.69. The topological polar surface area (TPSA) is 83.5 Å². The number of halogens is 1. The summed E-state index contributed by atoms with van der Waals surface area (Å²) in [6, 6.07) is 2.26. The fourth-order valence-corrected chi connectivity index (χ4v) is 3.47. The van der Waals surface area contributed by atoms with Crippen LogP contribution in [0.2, 0.25) is 5.02 Å². The predicted molar refractivity (Wildman–Crippen MR) is 73.2 cm³/mol. The van der Waals surface area contributed by atoms with E-state index in [1.165, 1.54) is 19.1 Å². The summed E-state index contributed by atoms with van der Waals surface area (Å²) in [4.78, 5) is 11.0. The molecule has 1 atom stereocenters. The van der Waals surface area contributed by atoms with Gasteiger partial charge in [0.05, 0.1) is 10.5 Å². The predicted octanol–water partition coefficient (Wildman–Crippen LogP) is 2.42. The third-order valence-electron chi connectivity index (χ3n) is 2.81. The Bertz CT molecular complexity index is 598. The van der Waals surface area contributed by atoms with Crippen LogP contribution >= 0.6 is 11.6 Å². The van der Waals surface area contributed by atoms with Gasteiger partial charge in [-0.15, -0.1) is 0 Å². The zero-order chi connectivity index (χ0) is 14.8. The molecule has 1 aromatic carbocycles. The van der Waals surface area contributed by atoms with Crippen molar-refractivity contribution < 1.29 is 18.3 Å². The highest BCUT2D eigenvalue weighted by Crippen LogP contribution is 2.24. The van der Waals surface area contributed by atoms with Gasteiger partial charge in [0.2, 0.25) is 10.0 Å². The van der Waals surface area contributed by atoms with Crippen LogP contribution in [0.1, 0.15) is 36.2 Å². The van der Waals surface area contributed by atoms with Crippen LogP contribution in [0.25, 0.3) is 0 Å². The Kier molecular flexibility index (Phi) is 4.95. The Hall–Kier alpha value is -1.11. The maximum absolute atomic E-state index is 12.2. The number of carboxylic acids is 1. The second-order valence-electron chi connectivity index (χ2n) is 4.31. The molecule has 0 amide bonds. The fourth-order valence-electron chi connectivity index (χ4n) is 1.57. The summed E-state index contributed by atoms with van der Waals surface area (Å²) in [5.41, 5.74) is 0.0599. The lowest BCUT2D eigenvalue weighted by atomic mass is 10.1. The molecule has 19 heavy (non-hydrogen) atoms. The van der Waals surface area contributed by atoms with Crippen LogP contribution in [0.3, 0.4) is 0 Å². The molecule has 0 aliphatic carbocycles. The van der Waals surface area contributed by atoms with E-state index in [2.05, 4.69) is 4.72 Å². The van der Waals surface area contributed by atoms with E-state index in [0.29, 0.717) is 6.42 Å². The minimum absolute atomic E-state index is 0.0764. The number of benzene rings is 1. The monoisotopic (exact) mass is 305 g/mol. The molecule has 1 aromatic rings. The van der Waals surface area contributed by atoms with Gasteiger partial charge in [-0.1, -0.05) is 18.5 Å². The van der Waals surface area contributed by atoms with Gasteiger partial charge < -0.3 is 5.11 Å². The van der Waals surface area contributed by atoms with Crippen LogP contribution in [-0.2, 0) is 10.0 Å². The van der Waals surface area contributed by atoms with Crippen molar-refractivity contribution in [2.75, 3.05) is 0 Å². The zero-order valence-corrected chi connectivity index (χ0v) is 12.5. The van der Waals surface area contributed by atoms with Crippen molar-refractivity contribution in [3.05, 3.63) is 28.3 Å². The summed E-state index contributed by atoms with van der Waals surface area (Å²) in [5.74, 6) is -1.21. The molecular formula is C12H16ClNO4S. The molecule has 0 aliphatic rings. The minimum Gasteiger partial charge on any atom is -0.478 e. The van der Waals surface area contributed by atoms with Gasteiger partial charge >= 0.3 is 5.97 Å². The first kappa shape index (κ1) is 15.9. The molecule has 0 saturated carbocycles. The molecule has 0 fully saturated rings. The van der Waals surface area contributed by atoms with E-state index in [1.807, 2.05) is 6.92 Å². The zero-order valence-electron chi connectivity index (χ0n) is 10.9. The first-order valence-electron chi connectivity index (χ1n) is 5.74. The molecule has 0 radical (unpaired) electrons. The number of hydrogen-bond acceptors (Lipinski definition) is 3. The number of carboxylic acid groups (broad SMARTS) is 1. The van der Waals surface area contributed by atoms with Crippen molar-refractivity contribution in [2.24, 2.45) is 0 Å². The Morgan fingerprint density at radius 1 is 1.47 bits per heavy atom. The molecule has 106 valence electrons. The fraction of sp³-hybridized carbons (Fsp3) is 0.417. The van der Waals surface area contributed by atoms with Crippen LogP contribution in [0.5, 0.6) is 0 Å². The van der Waals surface area contributed by atoms with E-state index in [1.54, 1.807) is 6.92 Å². The standard InChI is InChI=1S/C12H16ClNO4S/c1-4-7(2)14-19(17,18)11-6-9(13)5-10(8(11)3)12(15)16/h5-7,14H,4H2,1-3H3,(H,15,16). The molecule has 0 heterocycles. The average Bonchev–Trinajstić information content (AvgIpc) is 2.30. The summed E-state index contributed by atoms with van der Waals surface area (Å²) in [7, 11) is -3.78. The van der Waals surface area contributed by atoms with Gasteiger partial charge in [-0.2, -0.15) is 0 Å². The lowest BCUT2D eigenvalue weighted by Crippen LogP contribution is -2.32. The maximum atomic E-state index is 12.2. The third-order valence-corrected chi connectivity index (χ3v) is 4.75. The minimum atomic E-state index is -3.78. The number of rotatable bonds is 5. The summed E-state index contributed by atoms with van der Waals surface area (Å²) < 4.78 is 26.9. The number of aromatic carboxylic acids is 1. The van der Waals surface area contributed by atoms with Crippen molar-refractivity contribution in [2.45, 2.75) is 38.1 Å². The average molecular weight is 306 g/mol. The van der Waals surface area contributed by atoms with Gasteiger partial charge in [-0.3, -0.25) is 0 Å². The molecule has 0 aromatic heterocycles. The van der Waals surface area contributed by atoms with Gasteiger partial charge in [-0.05, 0) is 38.0 Å². The smallest absolute Gasteiger partial charge is 0.336 e. The second-order valence-corrected chi connectivity index (χ2v) is 6.43. The second kappa shape index (κ2) is 5.90. The summed E-state index contributed by atoms with van der Waals surface area (Å²) in [6.45, 7) is 5.03. The van der Waals surface area contributed by atoms with Gasteiger partial charge in [-0.25, -0.2) is 17.9 Å². The van der Waals surface area contributed by atoms with E-state index in [-0.39, 0.29) is 27.1 Å². The van der Waals surface area contributed by atoms with Crippen molar-refractivity contribution in [1.82, 2.24) is 4.72 Å². The maximum Gasteiger partial charge on any atom is 0.336 e. The van der Waals surface area contributed by atoms with Crippen molar-refractivity contribution in [3.8, 4) is 0 Å². The van der Waals surface area contributed by atoms with Crippen LogP contribution < -0.4 is 4.72 Å². The number of nitrogens with one attached hydrogen (secondary N) is 1. The molecular weight excluding hydrogens is 290 g/mol. The largest absolute Gasteiger partial charge is 0.478 e. The molecule has 7 heteroatoms. The molecule has 1 unspecified atom stereocenters. The highest BCUT2D eigenvalue weighted by molar-refractivity contribution is 7.89. The van der Waals surface area contributed by atoms with Crippen LogP contribution in [0.4, 0.5) is 0 Å². The van der Waals surface area contributed by atoms with E-state index < -0.39 is 16.0 Å². The highest BCUT2D eigenvalue weighted by Gasteiger charge is 2.23. The van der Waals surface area contributed by atoms with Crippen molar-refractivity contribution in [3.63, 3.8) is 0 Å². The molecule has 1 rings (SSSR count). The molecule has 0 saturated heterocycles. The van der Waals surface area contributed by atoms with E-state index >= 15 is 0 Å². The number of sulfonamides is 1. The summed E-state index contributed by atoms with van der Waals surface area (Å²) in [6.07, 6.45) is 0.630. The van der Waals surface area contributed by atoms with Gasteiger partial charge in [0.25, 0.3) is 0 Å². The Morgan fingerprint density at radius 2 is 2.05 bits per heavy atom. The van der Waals surface area contributed by atoms with Crippen molar-refractivity contribution >= 4 is 27.6 Å².